The SMILES string of the molecule is Cc1ccccc1-c1cccs1. The Bertz CT molecular complexity index is 360. The van der Waals surface area contributed by atoms with Crippen LogP contribution in [0.15, 0.2) is 41.8 Å². The molecule has 1 heteroatoms. The van der Waals surface area contributed by atoms with E-state index in [4.69, 9.17) is 0 Å². The van der Waals surface area contributed by atoms with Crippen LogP contribution in [0.1, 0.15) is 5.56 Å². The molecule has 0 amide bonds. The van der Waals surface area contributed by atoms with Crippen molar-refractivity contribution in [3.05, 3.63) is 47.3 Å². The van der Waals surface area contributed by atoms with Gasteiger partial charge in [-0.05, 0) is 29.5 Å². The molecule has 0 aliphatic heterocycles. The molecule has 0 saturated carbocycles. The van der Waals surface area contributed by atoms with Crippen LogP contribution in [0.3, 0.4) is 0 Å². The Hall–Kier alpha value is -1.08. The van der Waals surface area contributed by atoms with Crippen LogP contribution in [0, 0.1) is 6.92 Å². The van der Waals surface area contributed by atoms with Gasteiger partial charge in [0.15, 0.2) is 0 Å². The van der Waals surface area contributed by atoms with Crippen molar-refractivity contribution in [3.8, 4) is 10.4 Å². The molecule has 1 aromatic carbocycles. The molecule has 0 spiro atoms. The zero-order valence-corrected chi connectivity index (χ0v) is 7.77. The lowest BCUT2D eigenvalue weighted by molar-refractivity contribution is 1.48. The highest BCUT2D eigenvalue weighted by atomic mass is 32.1. The van der Waals surface area contributed by atoms with Crippen LogP contribution >= 0.6 is 11.3 Å². The van der Waals surface area contributed by atoms with Gasteiger partial charge in [0.1, 0.15) is 0 Å². The molecule has 60 valence electrons. The van der Waals surface area contributed by atoms with E-state index in [9.17, 15) is 0 Å². The Morgan fingerprint density at radius 1 is 1.00 bits per heavy atom. The Kier molecular flexibility index (Phi) is 1.96. The summed E-state index contributed by atoms with van der Waals surface area (Å²) in [6.45, 7) is 2.15. The molecule has 0 bridgehead atoms. The van der Waals surface area contributed by atoms with E-state index in [1.54, 1.807) is 11.3 Å². The Morgan fingerprint density at radius 3 is 2.50 bits per heavy atom. The highest BCUT2D eigenvalue weighted by Gasteiger charge is 1.99. The largest absolute Gasteiger partial charge is 0.144 e. The number of hydrogen-bond donors (Lipinski definition) is 0. The molecule has 0 fully saturated rings. The minimum absolute atomic E-state index is 1.35. The summed E-state index contributed by atoms with van der Waals surface area (Å²) in [6, 6.07) is 12.7. The second kappa shape index (κ2) is 3.11. The molecule has 0 radical (unpaired) electrons. The van der Waals surface area contributed by atoms with Crippen molar-refractivity contribution >= 4 is 11.3 Å². The van der Waals surface area contributed by atoms with E-state index < -0.39 is 0 Å². The van der Waals surface area contributed by atoms with Gasteiger partial charge in [-0.1, -0.05) is 30.3 Å². The van der Waals surface area contributed by atoms with Crippen LogP contribution in [-0.4, -0.2) is 0 Å². The summed E-state index contributed by atoms with van der Waals surface area (Å²) in [5.74, 6) is 0. The number of hydrogen-bond acceptors (Lipinski definition) is 1. The lowest BCUT2D eigenvalue weighted by atomic mass is 10.1. The first-order chi connectivity index (χ1) is 5.88. The van der Waals surface area contributed by atoms with Crippen LogP contribution in [-0.2, 0) is 0 Å². The molecule has 0 unspecified atom stereocenters. The van der Waals surface area contributed by atoms with Crippen molar-refractivity contribution in [3.63, 3.8) is 0 Å². The number of thiophene rings is 1. The van der Waals surface area contributed by atoms with Crippen LogP contribution in [0.2, 0.25) is 0 Å². The summed E-state index contributed by atoms with van der Waals surface area (Å²) in [7, 11) is 0. The molecule has 0 N–H and O–H groups in total. The quantitative estimate of drug-likeness (QED) is 0.618. The van der Waals surface area contributed by atoms with Crippen LogP contribution in [0.25, 0.3) is 10.4 Å². The van der Waals surface area contributed by atoms with Gasteiger partial charge in [-0.2, -0.15) is 0 Å². The van der Waals surface area contributed by atoms with Gasteiger partial charge in [0.2, 0.25) is 0 Å². The fraction of sp³-hybridized carbons (Fsp3) is 0.0909. The normalized spacial score (nSPS) is 10.1. The molecule has 12 heavy (non-hydrogen) atoms. The van der Waals surface area contributed by atoms with Crippen molar-refractivity contribution < 1.29 is 0 Å². The standard InChI is InChI=1S/C11H10S/c1-9-5-2-3-6-10(9)11-7-4-8-12-11/h2-8H,1H3. The highest BCUT2D eigenvalue weighted by Crippen LogP contribution is 2.26. The van der Waals surface area contributed by atoms with Gasteiger partial charge in [0.05, 0.1) is 0 Å². The number of benzene rings is 1. The average Bonchev–Trinajstić information content (AvgIpc) is 2.57. The summed E-state index contributed by atoms with van der Waals surface area (Å²) >= 11 is 1.79. The molecule has 0 aliphatic carbocycles. The minimum atomic E-state index is 1.35. The van der Waals surface area contributed by atoms with E-state index in [0.29, 0.717) is 0 Å². The van der Waals surface area contributed by atoms with Gasteiger partial charge in [0.25, 0.3) is 0 Å². The fourth-order valence-electron chi connectivity index (χ4n) is 1.28. The maximum Gasteiger partial charge on any atom is 0.0345 e. The lowest BCUT2D eigenvalue weighted by Gasteiger charge is -2.00. The zero-order valence-electron chi connectivity index (χ0n) is 6.95. The summed E-state index contributed by atoms with van der Waals surface area (Å²) in [6.07, 6.45) is 0. The van der Waals surface area contributed by atoms with E-state index >= 15 is 0 Å². The van der Waals surface area contributed by atoms with Gasteiger partial charge in [-0.3, -0.25) is 0 Å². The number of rotatable bonds is 1. The van der Waals surface area contributed by atoms with E-state index in [-0.39, 0.29) is 0 Å². The summed E-state index contributed by atoms with van der Waals surface area (Å²) < 4.78 is 0. The second-order valence-corrected chi connectivity index (χ2v) is 3.74. The molecule has 1 aromatic heterocycles. The minimum Gasteiger partial charge on any atom is -0.144 e. The van der Waals surface area contributed by atoms with Crippen LogP contribution in [0.5, 0.6) is 0 Å². The molecular formula is C11H10S. The van der Waals surface area contributed by atoms with Gasteiger partial charge in [-0.15, -0.1) is 11.3 Å². The van der Waals surface area contributed by atoms with E-state index in [1.165, 1.54) is 16.0 Å². The first-order valence-corrected chi connectivity index (χ1v) is 4.85. The first-order valence-electron chi connectivity index (χ1n) is 3.97. The summed E-state index contributed by atoms with van der Waals surface area (Å²) in [5, 5.41) is 2.11. The summed E-state index contributed by atoms with van der Waals surface area (Å²) in [5.41, 5.74) is 2.70. The molecule has 0 atom stereocenters. The van der Waals surface area contributed by atoms with Gasteiger partial charge >= 0.3 is 0 Å². The Balaban J connectivity index is 2.55. The van der Waals surface area contributed by atoms with Crippen molar-refractivity contribution in [1.82, 2.24) is 0 Å². The highest BCUT2D eigenvalue weighted by molar-refractivity contribution is 7.13. The second-order valence-electron chi connectivity index (χ2n) is 2.79. The van der Waals surface area contributed by atoms with Crippen LogP contribution < -0.4 is 0 Å². The molecule has 1 heterocycles. The summed E-state index contributed by atoms with van der Waals surface area (Å²) in [4.78, 5) is 1.35. The predicted octanol–water partition coefficient (Wildman–Crippen LogP) is 3.72. The maximum absolute atomic E-state index is 2.17. The Morgan fingerprint density at radius 2 is 1.83 bits per heavy atom. The van der Waals surface area contributed by atoms with Gasteiger partial charge < -0.3 is 0 Å². The Labute approximate surface area is 76.5 Å². The van der Waals surface area contributed by atoms with Crippen molar-refractivity contribution in [2.75, 3.05) is 0 Å². The smallest absolute Gasteiger partial charge is 0.0345 e. The molecular weight excluding hydrogens is 164 g/mol. The molecule has 2 rings (SSSR count). The van der Waals surface area contributed by atoms with Crippen molar-refractivity contribution in [2.45, 2.75) is 6.92 Å². The van der Waals surface area contributed by atoms with E-state index in [2.05, 4.69) is 48.7 Å². The zero-order chi connectivity index (χ0) is 8.39. The van der Waals surface area contributed by atoms with Gasteiger partial charge in [-0.25, -0.2) is 0 Å². The third-order valence-corrected chi connectivity index (χ3v) is 2.83. The third-order valence-electron chi connectivity index (χ3n) is 1.93. The molecule has 0 saturated heterocycles. The fourth-order valence-corrected chi connectivity index (χ4v) is 2.10. The van der Waals surface area contributed by atoms with E-state index in [0.717, 1.165) is 0 Å². The topological polar surface area (TPSA) is 0 Å². The first kappa shape index (κ1) is 7.56. The molecule has 2 aromatic rings. The van der Waals surface area contributed by atoms with Crippen molar-refractivity contribution in [1.29, 1.82) is 0 Å². The van der Waals surface area contributed by atoms with Crippen LogP contribution in [0.4, 0.5) is 0 Å². The maximum atomic E-state index is 2.17. The lowest BCUT2D eigenvalue weighted by Crippen LogP contribution is -1.76. The average molecular weight is 174 g/mol. The molecule has 0 aliphatic rings. The monoisotopic (exact) mass is 174 g/mol. The third kappa shape index (κ3) is 1.28. The van der Waals surface area contributed by atoms with E-state index in [1.807, 2.05) is 0 Å². The molecule has 0 nitrogen and oxygen atoms in total. The van der Waals surface area contributed by atoms with Crippen molar-refractivity contribution in [2.24, 2.45) is 0 Å². The number of aryl methyl sites for hydroxylation is 1. The van der Waals surface area contributed by atoms with Gasteiger partial charge in [0, 0.05) is 4.88 Å². The predicted molar refractivity (Wildman–Crippen MR) is 54.5 cm³/mol.